The van der Waals surface area contributed by atoms with Crippen LogP contribution in [-0.4, -0.2) is 47.4 Å². The number of amides is 2. The third-order valence-corrected chi connectivity index (χ3v) is 5.78. The smallest absolute Gasteiger partial charge is 0.322 e. The Hall–Kier alpha value is -2.57. The number of anilines is 1. The van der Waals surface area contributed by atoms with Gasteiger partial charge in [0.2, 0.25) is 0 Å². The van der Waals surface area contributed by atoms with Gasteiger partial charge in [0.1, 0.15) is 18.6 Å². The zero-order valence-corrected chi connectivity index (χ0v) is 17.9. The summed E-state index contributed by atoms with van der Waals surface area (Å²) in [5.41, 5.74) is 3.58. The number of urea groups is 1. The molecule has 0 radical (unpaired) electrons. The normalized spacial score (nSPS) is 15.3. The second-order valence-electron chi connectivity index (χ2n) is 8.19. The molecule has 1 aliphatic rings. The molecular weight excluding hydrogens is 366 g/mol. The highest BCUT2D eigenvalue weighted by Crippen LogP contribution is 2.33. The monoisotopic (exact) mass is 397 g/mol. The quantitative estimate of drug-likeness (QED) is 0.768. The summed E-state index contributed by atoms with van der Waals surface area (Å²) in [5.74, 6) is 0.801. The molecule has 29 heavy (non-hydrogen) atoms. The van der Waals surface area contributed by atoms with Crippen LogP contribution in [0.5, 0.6) is 5.75 Å². The Morgan fingerprint density at radius 1 is 1.24 bits per heavy atom. The zero-order valence-electron chi connectivity index (χ0n) is 17.9. The number of rotatable bonds is 4. The van der Waals surface area contributed by atoms with Gasteiger partial charge in [-0.05, 0) is 64.6 Å². The van der Waals surface area contributed by atoms with Crippen LogP contribution in [0, 0.1) is 6.92 Å². The first-order valence-electron chi connectivity index (χ1n) is 9.98. The molecule has 2 N–H and O–H groups in total. The first-order chi connectivity index (χ1) is 13.7. The van der Waals surface area contributed by atoms with E-state index in [0.29, 0.717) is 19.7 Å². The first kappa shape index (κ1) is 21.1. The van der Waals surface area contributed by atoms with E-state index >= 15 is 0 Å². The molecule has 0 spiro atoms. The number of aliphatic hydroxyl groups is 1. The molecule has 0 fully saturated rings. The summed E-state index contributed by atoms with van der Waals surface area (Å²) >= 11 is 0. The number of benzene rings is 2. The van der Waals surface area contributed by atoms with Crippen LogP contribution in [0.15, 0.2) is 42.5 Å². The van der Waals surface area contributed by atoms with Crippen LogP contribution in [0.1, 0.15) is 37.5 Å². The Morgan fingerprint density at radius 2 is 1.93 bits per heavy atom. The molecule has 156 valence electrons. The molecular formula is C23H31N3O3. The molecule has 6 heteroatoms. The molecule has 2 amide bonds. The molecule has 0 saturated carbocycles. The molecule has 3 rings (SSSR count). The van der Waals surface area contributed by atoms with Crippen molar-refractivity contribution in [3.8, 4) is 5.75 Å². The average Bonchev–Trinajstić information content (AvgIpc) is 2.90. The van der Waals surface area contributed by atoms with Gasteiger partial charge in [-0.1, -0.05) is 23.8 Å². The second kappa shape index (κ2) is 8.43. The van der Waals surface area contributed by atoms with Gasteiger partial charge in [0, 0.05) is 16.8 Å². The summed E-state index contributed by atoms with van der Waals surface area (Å²) in [7, 11) is 1.90. The Kier molecular flexibility index (Phi) is 6.15. The molecule has 1 atom stereocenters. The van der Waals surface area contributed by atoms with Crippen LogP contribution < -0.4 is 10.1 Å². The van der Waals surface area contributed by atoms with Crippen molar-refractivity contribution in [3.05, 3.63) is 59.2 Å². The number of hydrogen-bond donors (Lipinski definition) is 2. The van der Waals surface area contributed by atoms with Gasteiger partial charge >= 0.3 is 6.03 Å². The van der Waals surface area contributed by atoms with Crippen LogP contribution in [0.4, 0.5) is 10.5 Å². The van der Waals surface area contributed by atoms with Gasteiger partial charge in [-0.25, -0.2) is 4.79 Å². The Morgan fingerprint density at radius 3 is 2.59 bits per heavy atom. The van der Waals surface area contributed by atoms with Crippen LogP contribution in [-0.2, 0) is 12.1 Å². The number of fused-ring (bicyclic) bond motifs is 1. The van der Waals surface area contributed by atoms with Gasteiger partial charge in [-0.2, -0.15) is 0 Å². The van der Waals surface area contributed by atoms with Crippen molar-refractivity contribution >= 4 is 11.7 Å². The van der Waals surface area contributed by atoms with Crippen molar-refractivity contribution in [3.63, 3.8) is 0 Å². The third kappa shape index (κ3) is 4.71. The van der Waals surface area contributed by atoms with Gasteiger partial charge in [0.05, 0.1) is 13.1 Å². The summed E-state index contributed by atoms with van der Waals surface area (Å²) in [6.45, 7) is 9.34. The van der Waals surface area contributed by atoms with Gasteiger partial charge in [0.25, 0.3) is 0 Å². The first-order valence-corrected chi connectivity index (χ1v) is 9.98. The maximum absolute atomic E-state index is 12.8. The molecule has 1 unspecified atom stereocenters. The molecule has 0 saturated heterocycles. The van der Waals surface area contributed by atoms with E-state index in [-0.39, 0.29) is 11.6 Å². The number of carbonyl (C=O) groups excluding carboxylic acids is 1. The maximum atomic E-state index is 12.8. The predicted octanol–water partition coefficient (Wildman–Crippen LogP) is 3.93. The molecule has 0 aliphatic carbocycles. The number of nitrogens with one attached hydrogen (secondary N) is 1. The minimum absolute atomic E-state index is 0.143. The SMILES string of the molecule is Cc1ccc(NC(=O)N2CCOc3ccc(C(C)(C)N(C)C(C)O)cc3C2)cc1. The van der Waals surface area contributed by atoms with E-state index in [1.54, 1.807) is 11.8 Å². The topological polar surface area (TPSA) is 65.0 Å². The van der Waals surface area contributed by atoms with E-state index in [0.717, 1.165) is 28.1 Å². The number of carbonyl (C=O) groups is 1. The summed E-state index contributed by atoms with van der Waals surface area (Å²) in [6, 6.07) is 13.7. The van der Waals surface area contributed by atoms with Crippen molar-refractivity contribution in [2.75, 3.05) is 25.5 Å². The lowest BCUT2D eigenvalue weighted by molar-refractivity contribution is -0.0275. The lowest BCUT2D eigenvalue weighted by Gasteiger charge is -2.38. The van der Waals surface area contributed by atoms with E-state index in [4.69, 9.17) is 4.74 Å². The fourth-order valence-electron chi connectivity index (χ4n) is 3.46. The lowest BCUT2D eigenvalue weighted by Crippen LogP contribution is -2.44. The van der Waals surface area contributed by atoms with E-state index in [1.807, 2.05) is 55.3 Å². The third-order valence-electron chi connectivity index (χ3n) is 5.78. The van der Waals surface area contributed by atoms with Crippen molar-refractivity contribution in [1.82, 2.24) is 9.80 Å². The molecule has 0 bridgehead atoms. The summed E-state index contributed by atoms with van der Waals surface area (Å²) < 4.78 is 5.89. The van der Waals surface area contributed by atoms with Crippen LogP contribution >= 0.6 is 0 Å². The second-order valence-corrected chi connectivity index (χ2v) is 8.19. The molecule has 2 aromatic rings. The Balaban J connectivity index is 1.80. The minimum atomic E-state index is -0.572. The predicted molar refractivity (Wildman–Crippen MR) is 115 cm³/mol. The average molecular weight is 398 g/mol. The highest BCUT2D eigenvalue weighted by atomic mass is 16.5. The van der Waals surface area contributed by atoms with E-state index < -0.39 is 6.23 Å². The molecule has 0 aromatic heterocycles. The molecule has 6 nitrogen and oxygen atoms in total. The van der Waals surface area contributed by atoms with Crippen molar-refractivity contribution in [1.29, 1.82) is 0 Å². The fourth-order valence-corrected chi connectivity index (χ4v) is 3.46. The zero-order chi connectivity index (χ0) is 21.2. The van der Waals surface area contributed by atoms with Crippen LogP contribution in [0.25, 0.3) is 0 Å². The Bertz CT molecular complexity index is 862. The number of hydrogen-bond acceptors (Lipinski definition) is 4. The summed E-state index contributed by atoms with van der Waals surface area (Å²) in [4.78, 5) is 16.5. The van der Waals surface area contributed by atoms with Crippen LogP contribution in [0.2, 0.25) is 0 Å². The highest BCUT2D eigenvalue weighted by Gasteiger charge is 2.30. The molecule has 1 heterocycles. The summed E-state index contributed by atoms with van der Waals surface area (Å²) in [6.07, 6.45) is -0.572. The van der Waals surface area contributed by atoms with Crippen molar-refractivity contribution < 1.29 is 14.6 Å². The molecule has 1 aliphatic heterocycles. The summed E-state index contributed by atoms with van der Waals surface area (Å²) in [5, 5.41) is 13.0. The maximum Gasteiger partial charge on any atom is 0.322 e. The van der Waals surface area contributed by atoms with Crippen LogP contribution in [0.3, 0.4) is 0 Å². The van der Waals surface area contributed by atoms with Gasteiger partial charge in [0.15, 0.2) is 0 Å². The van der Waals surface area contributed by atoms with Gasteiger partial charge in [-0.3, -0.25) is 4.90 Å². The minimum Gasteiger partial charge on any atom is -0.491 e. The number of ether oxygens (including phenoxy) is 1. The van der Waals surface area contributed by atoms with Gasteiger partial charge in [-0.15, -0.1) is 0 Å². The number of nitrogens with zero attached hydrogens (tertiary/aromatic N) is 2. The highest BCUT2D eigenvalue weighted by molar-refractivity contribution is 5.89. The van der Waals surface area contributed by atoms with E-state index in [9.17, 15) is 9.90 Å². The van der Waals surface area contributed by atoms with E-state index in [1.165, 1.54) is 0 Å². The number of aliphatic hydroxyl groups excluding tert-OH is 1. The number of aryl methyl sites for hydroxylation is 1. The lowest BCUT2D eigenvalue weighted by atomic mass is 9.90. The Labute approximate surface area is 173 Å². The standard InChI is InChI=1S/C23H31N3O3/c1-16-6-9-20(10-7-16)24-22(28)26-12-13-29-21-11-8-19(14-18(21)15-26)23(3,4)25(5)17(2)27/h6-11,14,17,27H,12-13,15H2,1-5H3,(H,24,28). The van der Waals surface area contributed by atoms with E-state index in [2.05, 4.69) is 25.2 Å². The molecule has 2 aromatic carbocycles. The van der Waals surface area contributed by atoms with Crippen molar-refractivity contribution in [2.24, 2.45) is 0 Å². The largest absolute Gasteiger partial charge is 0.491 e. The fraction of sp³-hybridized carbons (Fsp3) is 0.435. The van der Waals surface area contributed by atoms with Crippen molar-refractivity contribution in [2.45, 2.75) is 46.0 Å². The van der Waals surface area contributed by atoms with Gasteiger partial charge < -0.3 is 20.1 Å².